The van der Waals surface area contributed by atoms with Gasteiger partial charge in [-0.05, 0) is 26.0 Å². The fourth-order valence-electron chi connectivity index (χ4n) is 2.48. The molecule has 138 valence electrons. The molecule has 3 aromatic rings. The van der Waals surface area contributed by atoms with Crippen LogP contribution in [-0.2, 0) is 0 Å². The Labute approximate surface area is 159 Å². The van der Waals surface area contributed by atoms with Crippen LogP contribution in [0.2, 0.25) is 0 Å². The van der Waals surface area contributed by atoms with Crippen molar-refractivity contribution in [1.29, 1.82) is 0 Å². The molecule has 27 heavy (non-hydrogen) atoms. The van der Waals surface area contributed by atoms with E-state index in [9.17, 15) is 14.7 Å². The number of anilines is 1. The zero-order chi connectivity index (χ0) is 19.4. The number of carboxylic acid groups (broad SMARTS) is 1. The van der Waals surface area contributed by atoms with Gasteiger partial charge in [-0.1, -0.05) is 53.8 Å². The minimum atomic E-state index is -1.13. The highest BCUT2D eigenvalue weighted by atomic mass is 32.1. The third kappa shape index (κ3) is 3.95. The lowest BCUT2D eigenvalue weighted by Crippen LogP contribution is -2.12. The number of hydrogen-bond donors (Lipinski definition) is 2. The molecule has 1 aromatic carbocycles. The lowest BCUT2D eigenvalue weighted by Gasteiger charge is -2.06. The lowest BCUT2D eigenvalue weighted by molar-refractivity contribution is 0.0691. The smallest absolute Gasteiger partial charge is 0.357 e. The molecule has 0 bridgehead atoms. The summed E-state index contributed by atoms with van der Waals surface area (Å²) in [6.45, 7) is 3.80. The lowest BCUT2D eigenvalue weighted by atomic mass is 10.2. The fourth-order valence-corrected chi connectivity index (χ4v) is 3.40. The summed E-state index contributed by atoms with van der Waals surface area (Å²) < 4.78 is 1.98. The molecular weight excluding hydrogens is 364 g/mol. The van der Waals surface area contributed by atoms with Gasteiger partial charge in [-0.25, -0.2) is 9.48 Å². The van der Waals surface area contributed by atoms with Gasteiger partial charge in [0.05, 0.1) is 6.04 Å². The van der Waals surface area contributed by atoms with Gasteiger partial charge >= 0.3 is 5.97 Å². The van der Waals surface area contributed by atoms with Crippen LogP contribution in [0.3, 0.4) is 0 Å². The Kier molecular flexibility index (Phi) is 5.46. The maximum atomic E-state index is 12.3. The van der Waals surface area contributed by atoms with Crippen LogP contribution in [-0.4, -0.2) is 31.7 Å². The number of carbonyl (C=O) groups is 2. The summed E-state index contributed by atoms with van der Waals surface area (Å²) in [5.74, 6) is -1.43. The molecule has 0 fully saturated rings. The number of aromatic carboxylic acids is 1. The van der Waals surface area contributed by atoms with Crippen LogP contribution in [0, 0.1) is 0 Å². The Balaban J connectivity index is 1.96. The van der Waals surface area contributed by atoms with E-state index in [0.717, 1.165) is 11.3 Å². The van der Waals surface area contributed by atoms with Gasteiger partial charge in [-0.3, -0.25) is 10.1 Å². The molecular formula is C19H18N4O3S. The Morgan fingerprint density at radius 2 is 2.00 bits per heavy atom. The standard InChI is InChI=1S/C19H18N4O3S/c1-3-4-6-9-12(2)23-16-15(14(22-23)18(25)26)27-19(20-16)21-17(24)13-10-7-5-8-11-13/h3-12H,1-2H3,(H,25,26)(H,20,21,24)/b4-3-,9-6-. The van der Waals surface area contributed by atoms with E-state index in [2.05, 4.69) is 15.4 Å². The van der Waals surface area contributed by atoms with E-state index in [-0.39, 0.29) is 17.6 Å². The molecule has 0 saturated heterocycles. The Bertz CT molecular complexity index is 1030. The number of aromatic nitrogens is 3. The number of carboxylic acids is 1. The zero-order valence-corrected chi connectivity index (χ0v) is 15.6. The predicted octanol–water partition coefficient (Wildman–Crippen LogP) is 4.14. The maximum Gasteiger partial charge on any atom is 0.357 e. The van der Waals surface area contributed by atoms with Crippen molar-refractivity contribution in [3.63, 3.8) is 0 Å². The number of nitrogens with one attached hydrogen (secondary N) is 1. The number of nitrogens with zero attached hydrogens (tertiary/aromatic N) is 3. The molecule has 3 rings (SSSR count). The van der Waals surface area contributed by atoms with Crippen LogP contribution in [0.5, 0.6) is 0 Å². The van der Waals surface area contributed by atoms with E-state index >= 15 is 0 Å². The first kappa shape index (κ1) is 18.5. The SMILES string of the molecule is C/C=C\C=C/C(C)n1nc(C(=O)O)c2sc(NC(=O)c3ccccc3)nc21. The average molecular weight is 382 g/mol. The third-order valence-electron chi connectivity index (χ3n) is 3.79. The van der Waals surface area contributed by atoms with Gasteiger partial charge < -0.3 is 5.11 Å². The molecule has 0 aliphatic heterocycles. The second-order valence-corrected chi connectivity index (χ2v) is 6.74. The first-order valence-corrected chi connectivity index (χ1v) is 9.11. The molecule has 0 aliphatic carbocycles. The number of hydrogen-bond acceptors (Lipinski definition) is 5. The second kappa shape index (κ2) is 7.96. The van der Waals surface area contributed by atoms with E-state index in [1.807, 2.05) is 44.2 Å². The average Bonchev–Trinajstić information content (AvgIpc) is 3.21. The van der Waals surface area contributed by atoms with Crippen molar-refractivity contribution in [2.45, 2.75) is 19.9 Å². The van der Waals surface area contributed by atoms with Gasteiger partial charge in [0.2, 0.25) is 0 Å². The molecule has 1 atom stereocenters. The van der Waals surface area contributed by atoms with Crippen LogP contribution in [0.1, 0.15) is 40.7 Å². The number of thiazole rings is 1. The molecule has 0 radical (unpaired) electrons. The normalized spacial score (nSPS) is 12.8. The quantitative estimate of drug-likeness (QED) is 0.625. The second-order valence-electron chi connectivity index (χ2n) is 5.74. The van der Waals surface area contributed by atoms with Gasteiger partial charge in [0.25, 0.3) is 5.91 Å². The monoisotopic (exact) mass is 382 g/mol. The predicted molar refractivity (Wildman–Crippen MR) is 105 cm³/mol. The van der Waals surface area contributed by atoms with Crippen molar-refractivity contribution in [3.8, 4) is 0 Å². The van der Waals surface area contributed by atoms with E-state index in [4.69, 9.17) is 0 Å². The minimum Gasteiger partial charge on any atom is -0.476 e. The van der Waals surface area contributed by atoms with Gasteiger partial charge in [0.1, 0.15) is 4.70 Å². The summed E-state index contributed by atoms with van der Waals surface area (Å²) in [7, 11) is 0. The van der Waals surface area contributed by atoms with E-state index in [1.165, 1.54) is 0 Å². The summed E-state index contributed by atoms with van der Waals surface area (Å²) >= 11 is 1.10. The Morgan fingerprint density at radius 3 is 2.67 bits per heavy atom. The molecule has 0 aliphatic rings. The van der Waals surface area contributed by atoms with Crippen molar-refractivity contribution in [1.82, 2.24) is 14.8 Å². The van der Waals surface area contributed by atoms with Crippen LogP contribution in [0.15, 0.2) is 54.6 Å². The third-order valence-corrected chi connectivity index (χ3v) is 4.75. The highest BCUT2D eigenvalue weighted by molar-refractivity contribution is 7.22. The molecule has 7 nitrogen and oxygen atoms in total. The maximum absolute atomic E-state index is 12.3. The van der Waals surface area contributed by atoms with Crippen LogP contribution in [0.25, 0.3) is 10.3 Å². The summed E-state index contributed by atoms with van der Waals surface area (Å²) in [5, 5.41) is 16.7. The first-order chi connectivity index (χ1) is 13.0. The van der Waals surface area contributed by atoms with Crippen LogP contribution < -0.4 is 5.32 Å². The van der Waals surface area contributed by atoms with Crippen molar-refractivity contribution in [2.75, 3.05) is 5.32 Å². The largest absolute Gasteiger partial charge is 0.476 e. The molecule has 1 unspecified atom stereocenters. The summed E-state index contributed by atoms with van der Waals surface area (Å²) in [4.78, 5) is 28.3. The van der Waals surface area contributed by atoms with Crippen LogP contribution in [0.4, 0.5) is 5.13 Å². The first-order valence-electron chi connectivity index (χ1n) is 8.29. The Morgan fingerprint density at radius 1 is 1.26 bits per heavy atom. The summed E-state index contributed by atoms with van der Waals surface area (Å²) in [5.41, 5.74) is 0.854. The van der Waals surface area contributed by atoms with Crippen molar-refractivity contribution >= 4 is 38.7 Å². The zero-order valence-electron chi connectivity index (χ0n) is 14.8. The number of allylic oxidation sites excluding steroid dienone is 4. The van der Waals surface area contributed by atoms with E-state index in [0.29, 0.717) is 21.0 Å². The van der Waals surface area contributed by atoms with Gasteiger partial charge in [0, 0.05) is 5.56 Å². The molecule has 2 aromatic heterocycles. The number of benzene rings is 1. The molecule has 2 heterocycles. The molecule has 2 N–H and O–H groups in total. The van der Waals surface area contributed by atoms with Gasteiger partial charge in [-0.2, -0.15) is 10.1 Å². The van der Waals surface area contributed by atoms with Crippen molar-refractivity contribution in [3.05, 3.63) is 65.9 Å². The molecule has 0 spiro atoms. The molecule has 0 saturated carbocycles. The van der Waals surface area contributed by atoms with E-state index < -0.39 is 5.97 Å². The molecule has 1 amide bonds. The van der Waals surface area contributed by atoms with Crippen molar-refractivity contribution in [2.24, 2.45) is 0 Å². The summed E-state index contributed by atoms with van der Waals surface area (Å²) in [6, 6.07) is 8.56. The Hall–Kier alpha value is -3.26. The number of rotatable bonds is 6. The number of carbonyl (C=O) groups excluding carboxylic acids is 1. The minimum absolute atomic E-state index is 0.0750. The van der Waals surface area contributed by atoms with E-state index in [1.54, 1.807) is 28.9 Å². The number of amides is 1. The summed E-state index contributed by atoms with van der Waals surface area (Å²) in [6.07, 6.45) is 7.52. The van der Waals surface area contributed by atoms with Gasteiger partial charge in [-0.15, -0.1) is 0 Å². The number of fused-ring (bicyclic) bond motifs is 1. The van der Waals surface area contributed by atoms with Gasteiger partial charge in [0.15, 0.2) is 16.5 Å². The molecule has 8 heteroatoms. The topological polar surface area (TPSA) is 97.1 Å². The highest BCUT2D eigenvalue weighted by Gasteiger charge is 2.23. The fraction of sp³-hybridized carbons (Fsp3) is 0.158. The highest BCUT2D eigenvalue weighted by Crippen LogP contribution is 2.31. The van der Waals surface area contributed by atoms with Crippen LogP contribution >= 0.6 is 11.3 Å². The van der Waals surface area contributed by atoms with Crippen molar-refractivity contribution < 1.29 is 14.7 Å².